The second-order valence-corrected chi connectivity index (χ2v) is 4.72. The van der Waals surface area contributed by atoms with Gasteiger partial charge in [0.05, 0.1) is 5.02 Å². The van der Waals surface area contributed by atoms with E-state index in [0.29, 0.717) is 5.56 Å². The second kappa shape index (κ2) is 6.15. The van der Waals surface area contributed by atoms with Crippen molar-refractivity contribution in [2.45, 2.75) is 13.0 Å². The lowest BCUT2D eigenvalue weighted by Crippen LogP contribution is -2.06. The lowest BCUT2D eigenvalue weighted by atomic mass is 10.1. The van der Waals surface area contributed by atoms with Crippen LogP contribution >= 0.6 is 23.2 Å². The van der Waals surface area contributed by atoms with Crippen molar-refractivity contribution < 1.29 is 9.13 Å². The van der Waals surface area contributed by atoms with Crippen molar-refractivity contribution in [3.8, 4) is 5.75 Å². The molecule has 0 N–H and O–H groups in total. The summed E-state index contributed by atoms with van der Waals surface area (Å²) in [5.41, 5.74) is 0.300. The topological polar surface area (TPSA) is 51.6 Å². The number of nitroso groups, excluding NO2 is 1. The molecule has 0 saturated carbocycles. The predicted octanol–water partition coefficient (Wildman–Crippen LogP) is 5.07. The summed E-state index contributed by atoms with van der Waals surface area (Å²) >= 11 is 11.9. The highest BCUT2D eigenvalue weighted by molar-refractivity contribution is 6.36. The molecule has 1 aromatic heterocycles. The van der Waals surface area contributed by atoms with E-state index in [1.165, 1.54) is 24.4 Å². The number of aromatic nitrogens is 1. The number of hydrogen-bond donors (Lipinski definition) is 0. The fraction of sp³-hybridized carbons (Fsp3) is 0.154. The van der Waals surface area contributed by atoms with Crippen LogP contribution in [0.3, 0.4) is 0 Å². The van der Waals surface area contributed by atoms with Crippen LogP contribution in [-0.4, -0.2) is 4.98 Å². The number of ether oxygens (including phenoxy) is 1. The van der Waals surface area contributed by atoms with E-state index in [4.69, 9.17) is 27.9 Å². The molecule has 1 aromatic carbocycles. The zero-order valence-electron chi connectivity index (χ0n) is 10.3. The number of pyridine rings is 1. The van der Waals surface area contributed by atoms with Gasteiger partial charge in [-0.3, -0.25) is 0 Å². The molecule has 1 heterocycles. The molecule has 0 saturated heterocycles. The summed E-state index contributed by atoms with van der Waals surface area (Å²) < 4.78 is 19.0. The van der Waals surface area contributed by atoms with Gasteiger partial charge in [0.15, 0.2) is 5.75 Å². The minimum atomic E-state index is -0.671. The van der Waals surface area contributed by atoms with Crippen LogP contribution in [0, 0.1) is 10.7 Å². The molecule has 7 heteroatoms. The zero-order valence-corrected chi connectivity index (χ0v) is 11.8. The third-order valence-electron chi connectivity index (χ3n) is 2.63. The summed E-state index contributed by atoms with van der Waals surface area (Å²) in [6, 6.07) is 5.68. The molecule has 0 amide bonds. The van der Waals surface area contributed by atoms with Crippen molar-refractivity contribution in [2.24, 2.45) is 5.18 Å². The van der Waals surface area contributed by atoms with E-state index in [0.717, 1.165) is 0 Å². The van der Waals surface area contributed by atoms with E-state index in [1.54, 1.807) is 13.0 Å². The van der Waals surface area contributed by atoms with Crippen molar-refractivity contribution >= 4 is 29.0 Å². The molecule has 0 fully saturated rings. The Morgan fingerprint density at radius 2 is 2.10 bits per heavy atom. The predicted molar refractivity (Wildman–Crippen MR) is 75.2 cm³/mol. The average molecular weight is 315 g/mol. The van der Waals surface area contributed by atoms with Gasteiger partial charge in [-0.05, 0) is 36.4 Å². The van der Waals surface area contributed by atoms with Gasteiger partial charge in [0.1, 0.15) is 11.9 Å². The lowest BCUT2D eigenvalue weighted by molar-refractivity contribution is 0.227. The highest BCUT2D eigenvalue weighted by Crippen LogP contribution is 2.36. The fourth-order valence-corrected chi connectivity index (χ4v) is 2.39. The number of rotatable bonds is 4. The molecule has 1 atom stereocenters. The molecule has 0 bridgehead atoms. The van der Waals surface area contributed by atoms with Crippen molar-refractivity contribution in [1.29, 1.82) is 0 Å². The molecule has 0 aliphatic heterocycles. The Bertz CT molecular complexity index is 652. The van der Waals surface area contributed by atoms with Crippen LogP contribution in [0.25, 0.3) is 0 Å². The molecule has 2 aromatic rings. The monoisotopic (exact) mass is 314 g/mol. The van der Waals surface area contributed by atoms with E-state index in [-0.39, 0.29) is 21.6 Å². The van der Waals surface area contributed by atoms with Crippen molar-refractivity contribution in [1.82, 2.24) is 4.98 Å². The molecule has 20 heavy (non-hydrogen) atoms. The molecular formula is C13H9Cl2FN2O2. The summed E-state index contributed by atoms with van der Waals surface area (Å²) in [5.74, 6) is -0.518. The van der Waals surface area contributed by atoms with Crippen molar-refractivity contribution in [2.75, 3.05) is 0 Å². The molecule has 0 spiro atoms. The summed E-state index contributed by atoms with van der Waals surface area (Å²) in [5, 5.41) is 2.91. The number of hydrogen-bond acceptors (Lipinski definition) is 4. The quantitative estimate of drug-likeness (QED) is 0.585. The van der Waals surface area contributed by atoms with Gasteiger partial charge in [-0.2, -0.15) is 0 Å². The Balaban J connectivity index is 2.36. The molecule has 0 radical (unpaired) electrons. The van der Waals surface area contributed by atoms with Gasteiger partial charge in [-0.25, -0.2) is 9.37 Å². The molecule has 104 valence electrons. The van der Waals surface area contributed by atoms with Gasteiger partial charge in [-0.1, -0.05) is 23.2 Å². The minimum Gasteiger partial charge on any atom is -0.482 e. The fourth-order valence-electron chi connectivity index (χ4n) is 1.71. The largest absolute Gasteiger partial charge is 0.482 e. The van der Waals surface area contributed by atoms with Crippen LogP contribution in [-0.2, 0) is 0 Å². The molecule has 0 aliphatic carbocycles. The molecular weight excluding hydrogens is 306 g/mol. The normalized spacial score (nSPS) is 12.0. The summed E-state index contributed by atoms with van der Waals surface area (Å²) in [6.45, 7) is 1.63. The number of halogens is 3. The maximum absolute atomic E-state index is 13.5. The maximum atomic E-state index is 13.5. The van der Waals surface area contributed by atoms with Gasteiger partial charge < -0.3 is 4.74 Å². The van der Waals surface area contributed by atoms with Crippen LogP contribution in [0.5, 0.6) is 5.75 Å². The van der Waals surface area contributed by atoms with E-state index in [2.05, 4.69) is 10.2 Å². The smallest absolute Gasteiger partial charge is 0.238 e. The van der Waals surface area contributed by atoms with Gasteiger partial charge in [-0.15, -0.1) is 4.91 Å². The second-order valence-electron chi connectivity index (χ2n) is 3.93. The highest BCUT2D eigenvalue weighted by Gasteiger charge is 2.20. The third kappa shape index (κ3) is 2.89. The van der Waals surface area contributed by atoms with Crippen LogP contribution in [0.4, 0.5) is 10.2 Å². The molecule has 0 aliphatic rings. The maximum Gasteiger partial charge on any atom is 0.238 e. The molecule has 0 unspecified atom stereocenters. The van der Waals surface area contributed by atoms with Crippen molar-refractivity contribution in [3.63, 3.8) is 0 Å². The first kappa shape index (κ1) is 14.7. The number of benzene rings is 1. The first-order valence-corrected chi connectivity index (χ1v) is 6.38. The highest BCUT2D eigenvalue weighted by atomic mass is 35.5. The lowest BCUT2D eigenvalue weighted by Gasteiger charge is -2.18. The number of nitrogens with zero attached hydrogens (tertiary/aromatic N) is 2. The van der Waals surface area contributed by atoms with E-state index < -0.39 is 11.9 Å². The van der Waals surface area contributed by atoms with Gasteiger partial charge in [0, 0.05) is 16.8 Å². The average Bonchev–Trinajstić information content (AvgIpc) is 2.44. The summed E-state index contributed by atoms with van der Waals surface area (Å²) in [7, 11) is 0. The zero-order chi connectivity index (χ0) is 14.7. The first-order chi connectivity index (χ1) is 9.54. The van der Waals surface area contributed by atoms with Gasteiger partial charge >= 0.3 is 0 Å². The third-order valence-corrected chi connectivity index (χ3v) is 3.34. The minimum absolute atomic E-state index is 0.0944. The van der Waals surface area contributed by atoms with Crippen LogP contribution in [0.15, 0.2) is 35.6 Å². The Kier molecular flexibility index (Phi) is 4.52. The van der Waals surface area contributed by atoms with E-state index >= 15 is 0 Å². The Labute approximate surface area is 124 Å². The van der Waals surface area contributed by atoms with Gasteiger partial charge in [0.2, 0.25) is 5.82 Å². The van der Waals surface area contributed by atoms with Crippen molar-refractivity contribution in [3.05, 3.63) is 56.8 Å². The summed E-state index contributed by atoms with van der Waals surface area (Å²) in [6.07, 6.45) is 0.742. The Morgan fingerprint density at radius 1 is 1.35 bits per heavy atom. The molecule has 4 nitrogen and oxygen atoms in total. The van der Waals surface area contributed by atoms with Crippen LogP contribution in [0.1, 0.15) is 18.6 Å². The SMILES string of the molecule is C[C@@H](Oc1cccnc1N=O)c1c(Cl)ccc(F)c1Cl. The van der Waals surface area contributed by atoms with Gasteiger partial charge in [0.25, 0.3) is 0 Å². The molecule has 2 rings (SSSR count). The first-order valence-electron chi connectivity index (χ1n) is 5.63. The van der Waals surface area contributed by atoms with E-state index in [9.17, 15) is 9.30 Å². The van der Waals surface area contributed by atoms with E-state index in [1.807, 2.05) is 0 Å². The Hall–Kier alpha value is -1.72. The van der Waals surface area contributed by atoms with Crippen LogP contribution < -0.4 is 4.74 Å². The van der Waals surface area contributed by atoms with Crippen LogP contribution in [0.2, 0.25) is 10.0 Å². The summed E-state index contributed by atoms with van der Waals surface area (Å²) in [4.78, 5) is 14.4. The Morgan fingerprint density at radius 3 is 2.80 bits per heavy atom. The standard InChI is InChI=1S/C13H9Cl2FN2O2/c1-7(11-8(14)4-5-9(16)12(11)15)20-10-3-2-6-17-13(10)18-19/h2-7H,1H3/t7-/m1/s1.